The van der Waals surface area contributed by atoms with E-state index < -0.39 is 0 Å². The van der Waals surface area contributed by atoms with Crippen molar-refractivity contribution in [2.45, 2.75) is 12.5 Å². The maximum Gasteiger partial charge on any atom is 0.237 e. The molecule has 0 aromatic heterocycles. The van der Waals surface area contributed by atoms with Crippen LogP contribution in [0, 0.1) is 0 Å². The van der Waals surface area contributed by atoms with E-state index in [-0.39, 0.29) is 11.9 Å². The van der Waals surface area contributed by atoms with Crippen LogP contribution in [0.3, 0.4) is 0 Å². The van der Waals surface area contributed by atoms with Crippen LogP contribution in [0.4, 0.5) is 0 Å². The van der Waals surface area contributed by atoms with Gasteiger partial charge >= 0.3 is 0 Å². The lowest BCUT2D eigenvalue weighted by Gasteiger charge is -2.40. The van der Waals surface area contributed by atoms with Crippen LogP contribution in [0.15, 0.2) is 65.1 Å². The Balaban J connectivity index is 1.61. The zero-order valence-corrected chi connectivity index (χ0v) is 18.1. The highest BCUT2D eigenvalue weighted by Crippen LogP contribution is 2.29. The van der Waals surface area contributed by atoms with Crippen molar-refractivity contribution in [3.05, 3.63) is 81.3 Å². The van der Waals surface area contributed by atoms with Crippen molar-refractivity contribution in [3.8, 4) is 0 Å². The maximum absolute atomic E-state index is 12.9. The van der Waals surface area contributed by atoms with Crippen LogP contribution in [-0.2, 0) is 11.2 Å². The number of hydrogen-bond acceptors (Lipinski definition) is 2. The lowest BCUT2D eigenvalue weighted by Crippen LogP contribution is -2.51. The van der Waals surface area contributed by atoms with E-state index in [4.69, 9.17) is 11.6 Å². The van der Waals surface area contributed by atoms with Gasteiger partial charge in [0, 0.05) is 22.6 Å². The van der Waals surface area contributed by atoms with Gasteiger partial charge in [0.25, 0.3) is 0 Å². The minimum Gasteiger partial charge on any atom is -0.333 e. The average Bonchev–Trinajstić information content (AvgIpc) is 2.67. The van der Waals surface area contributed by atoms with Crippen molar-refractivity contribution in [2.24, 2.45) is 0 Å². The Bertz CT molecular complexity index is 1020. The quantitative estimate of drug-likeness (QED) is 0.530. The molecule has 3 aromatic rings. The third-order valence-corrected chi connectivity index (χ3v) is 6.36. The van der Waals surface area contributed by atoms with E-state index in [0.717, 1.165) is 23.0 Å². The van der Waals surface area contributed by atoms with Gasteiger partial charge in [-0.05, 0) is 53.6 Å². The molecule has 1 fully saturated rings. The van der Waals surface area contributed by atoms with E-state index in [2.05, 4.69) is 63.3 Å². The van der Waals surface area contributed by atoms with Crippen LogP contribution >= 0.6 is 27.5 Å². The second-order valence-electron chi connectivity index (χ2n) is 7.39. The molecule has 0 aliphatic carbocycles. The highest BCUT2D eigenvalue weighted by Gasteiger charge is 2.31. The van der Waals surface area contributed by atoms with Crippen molar-refractivity contribution in [1.82, 2.24) is 9.80 Å². The number of fused-ring (bicyclic) bond motifs is 1. The molecule has 1 aliphatic heterocycles. The van der Waals surface area contributed by atoms with E-state index >= 15 is 0 Å². The predicted octanol–water partition coefficient (Wildman–Crippen LogP) is 5.31. The summed E-state index contributed by atoms with van der Waals surface area (Å²) in [5.74, 6) is 0.178. The predicted molar refractivity (Wildman–Crippen MR) is 119 cm³/mol. The van der Waals surface area contributed by atoms with Gasteiger partial charge in [-0.15, -0.1) is 0 Å². The van der Waals surface area contributed by atoms with Gasteiger partial charge in [-0.1, -0.05) is 70.0 Å². The molecule has 0 radical (unpaired) electrons. The van der Waals surface area contributed by atoms with Gasteiger partial charge in [0.15, 0.2) is 0 Å². The molecule has 0 spiro atoms. The highest BCUT2D eigenvalue weighted by atomic mass is 79.9. The van der Waals surface area contributed by atoms with E-state index in [1.165, 1.54) is 16.3 Å². The summed E-state index contributed by atoms with van der Waals surface area (Å²) in [5.41, 5.74) is 2.35. The SMILES string of the molecule is CN1CC(=O)N(CCc2ccc(Cl)cc2Br)C(c2ccc3ccccc3c2)C1. The molecule has 144 valence electrons. The Hall–Kier alpha value is -1.88. The van der Waals surface area contributed by atoms with Crippen molar-refractivity contribution >= 4 is 44.2 Å². The molecule has 0 bridgehead atoms. The summed E-state index contributed by atoms with van der Waals surface area (Å²) in [5, 5.41) is 3.14. The second kappa shape index (κ2) is 8.24. The molecular formula is C23H22BrClN2O. The van der Waals surface area contributed by atoms with Crippen molar-refractivity contribution < 1.29 is 4.79 Å². The summed E-state index contributed by atoms with van der Waals surface area (Å²) in [4.78, 5) is 17.0. The monoisotopic (exact) mass is 456 g/mol. The molecule has 5 heteroatoms. The summed E-state index contributed by atoms with van der Waals surface area (Å²) in [6.07, 6.45) is 0.789. The van der Waals surface area contributed by atoms with E-state index in [0.29, 0.717) is 18.1 Å². The number of halogens is 2. The molecule has 28 heavy (non-hydrogen) atoms. The van der Waals surface area contributed by atoms with Crippen molar-refractivity contribution in [3.63, 3.8) is 0 Å². The zero-order chi connectivity index (χ0) is 19.7. The molecule has 1 atom stereocenters. The molecule has 1 amide bonds. The first-order chi connectivity index (χ1) is 13.5. The number of piperazine rings is 1. The molecule has 0 N–H and O–H groups in total. The average molecular weight is 458 g/mol. The number of hydrogen-bond donors (Lipinski definition) is 0. The fourth-order valence-corrected chi connectivity index (χ4v) is 4.78. The lowest BCUT2D eigenvalue weighted by atomic mass is 9.98. The van der Waals surface area contributed by atoms with Gasteiger partial charge in [0.1, 0.15) is 0 Å². The molecule has 0 saturated carbocycles. The summed E-state index contributed by atoms with van der Waals surface area (Å²) in [6, 6.07) is 20.8. The lowest BCUT2D eigenvalue weighted by molar-refractivity contribution is -0.139. The second-order valence-corrected chi connectivity index (χ2v) is 8.68. The summed E-state index contributed by atoms with van der Waals surface area (Å²) >= 11 is 9.64. The molecular weight excluding hydrogens is 436 g/mol. The smallest absolute Gasteiger partial charge is 0.237 e. The number of carbonyl (C=O) groups is 1. The number of rotatable bonds is 4. The number of likely N-dealkylation sites (N-methyl/N-ethyl adjacent to an activating group) is 1. The zero-order valence-electron chi connectivity index (χ0n) is 15.7. The van der Waals surface area contributed by atoms with Gasteiger partial charge in [-0.25, -0.2) is 0 Å². The van der Waals surface area contributed by atoms with Crippen LogP contribution in [0.5, 0.6) is 0 Å². The van der Waals surface area contributed by atoms with Gasteiger partial charge in [-0.3, -0.25) is 9.69 Å². The summed E-state index contributed by atoms with van der Waals surface area (Å²) < 4.78 is 0.990. The highest BCUT2D eigenvalue weighted by molar-refractivity contribution is 9.10. The summed E-state index contributed by atoms with van der Waals surface area (Å²) in [6.45, 7) is 1.99. The fraction of sp³-hybridized carbons (Fsp3) is 0.261. The van der Waals surface area contributed by atoms with Crippen molar-refractivity contribution in [1.29, 1.82) is 0 Å². The maximum atomic E-state index is 12.9. The number of benzene rings is 3. The third-order valence-electron chi connectivity index (χ3n) is 5.38. The number of amides is 1. The molecule has 4 rings (SSSR count). The molecule has 1 aliphatic rings. The fourth-order valence-electron chi connectivity index (χ4n) is 3.90. The van der Waals surface area contributed by atoms with Gasteiger partial charge < -0.3 is 4.90 Å². The molecule has 1 saturated heterocycles. The largest absolute Gasteiger partial charge is 0.333 e. The first kappa shape index (κ1) is 19.4. The van der Waals surface area contributed by atoms with Crippen LogP contribution in [0.25, 0.3) is 10.8 Å². The topological polar surface area (TPSA) is 23.6 Å². The van der Waals surface area contributed by atoms with Crippen LogP contribution in [-0.4, -0.2) is 42.4 Å². The van der Waals surface area contributed by atoms with Crippen LogP contribution < -0.4 is 0 Å². The van der Waals surface area contributed by atoms with Gasteiger partial charge in [0.05, 0.1) is 12.6 Å². The first-order valence-electron chi connectivity index (χ1n) is 9.42. The van der Waals surface area contributed by atoms with Crippen LogP contribution in [0.2, 0.25) is 5.02 Å². The first-order valence-corrected chi connectivity index (χ1v) is 10.6. The summed E-state index contributed by atoms with van der Waals surface area (Å²) in [7, 11) is 2.01. The third kappa shape index (κ3) is 4.09. The molecule has 3 nitrogen and oxygen atoms in total. The number of carbonyl (C=O) groups excluding carboxylic acids is 1. The minimum atomic E-state index is 0.0573. The minimum absolute atomic E-state index is 0.0573. The normalized spacial score (nSPS) is 18.0. The van der Waals surface area contributed by atoms with E-state index in [1.54, 1.807) is 0 Å². The molecule has 1 heterocycles. The number of nitrogens with zero attached hydrogens (tertiary/aromatic N) is 2. The Labute approximate surface area is 179 Å². The van der Waals surface area contributed by atoms with E-state index in [1.807, 2.05) is 30.1 Å². The Morgan fingerprint density at radius 3 is 2.64 bits per heavy atom. The molecule has 1 unspecified atom stereocenters. The Morgan fingerprint density at radius 1 is 1.07 bits per heavy atom. The Morgan fingerprint density at radius 2 is 1.86 bits per heavy atom. The van der Waals surface area contributed by atoms with Crippen LogP contribution in [0.1, 0.15) is 17.2 Å². The van der Waals surface area contributed by atoms with E-state index in [9.17, 15) is 4.79 Å². The van der Waals surface area contributed by atoms with Gasteiger partial charge in [-0.2, -0.15) is 0 Å². The van der Waals surface area contributed by atoms with Crippen molar-refractivity contribution in [2.75, 3.05) is 26.7 Å². The molecule has 3 aromatic carbocycles. The standard InChI is InChI=1S/C23H22BrClN2O/c1-26-14-22(19-7-6-16-4-2-3-5-18(16)12-19)27(23(28)15-26)11-10-17-8-9-20(25)13-21(17)24/h2-9,12-13,22H,10-11,14-15H2,1H3. The van der Waals surface area contributed by atoms with Gasteiger partial charge in [0.2, 0.25) is 5.91 Å². The Kier molecular flexibility index (Phi) is 5.72.